The Bertz CT molecular complexity index is 635. The number of amides is 2. The quantitative estimate of drug-likeness (QED) is 0.838. The van der Waals surface area contributed by atoms with Crippen LogP contribution in [-0.4, -0.2) is 24.5 Å². The SMILES string of the molecule is COc1cccc(NC(=O)C(=O)NC23CC4CC(CC(C4)C2)C3)c1. The number of hydrogen-bond acceptors (Lipinski definition) is 3. The van der Waals surface area contributed by atoms with Crippen molar-refractivity contribution in [3.8, 4) is 5.75 Å². The molecule has 5 nitrogen and oxygen atoms in total. The van der Waals surface area contributed by atoms with Crippen molar-refractivity contribution in [1.29, 1.82) is 0 Å². The van der Waals surface area contributed by atoms with E-state index in [-0.39, 0.29) is 5.54 Å². The first-order chi connectivity index (χ1) is 11.5. The second-order valence-electron chi connectivity index (χ2n) is 7.84. The van der Waals surface area contributed by atoms with Crippen LogP contribution in [0.2, 0.25) is 0 Å². The molecule has 24 heavy (non-hydrogen) atoms. The van der Waals surface area contributed by atoms with Crippen molar-refractivity contribution in [1.82, 2.24) is 5.32 Å². The van der Waals surface area contributed by atoms with Crippen molar-refractivity contribution in [2.45, 2.75) is 44.1 Å². The topological polar surface area (TPSA) is 67.4 Å². The third-order valence-electron chi connectivity index (χ3n) is 5.95. The van der Waals surface area contributed by atoms with Gasteiger partial charge < -0.3 is 15.4 Å². The van der Waals surface area contributed by atoms with Crippen LogP contribution in [0.5, 0.6) is 5.75 Å². The zero-order valence-electron chi connectivity index (χ0n) is 14.0. The van der Waals surface area contributed by atoms with E-state index in [4.69, 9.17) is 4.74 Å². The van der Waals surface area contributed by atoms with Crippen LogP contribution in [0, 0.1) is 17.8 Å². The number of methoxy groups -OCH3 is 1. The van der Waals surface area contributed by atoms with Crippen LogP contribution in [0.25, 0.3) is 0 Å². The van der Waals surface area contributed by atoms with Gasteiger partial charge in [0.1, 0.15) is 5.75 Å². The van der Waals surface area contributed by atoms with Gasteiger partial charge in [-0.05, 0) is 68.4 Å². The lowest BCUT2D eigenvalue weighted by Crippen LogP contribution is -2.61. The molecule has 1 aromatic carbocycles. The highest BCUT2D eigenvalue weighted by atomic mass is 16.5. The highest BCUT2D eigenvalue weighted by Crippen LogP contribution is 2.55. The molecule has 5 heteroatoms. The summed E-state index contributed by atoms with van der Waals surface area (Å²) in [6, 6.07) is 7.03. The number of ether oxygens (including phenoxy) is 1. The molecule has 0 unspecified atom stereocenters. The first-order valence-corrected chi connectivity index (χ1v) is 8.83. The van der Waals surface area contributed by atoms with Gasteiger partial charge in [0.15, 0.2) is 0 Å². The molecule has 5 rings (SSSR count). The van der Waals surface area contributed by atoms with E-state index in [2.05, 4.69) is 10.6 Å². The van der Waals surface area contributed by atoms with Crippen molar-refractivity contribution in [2.24, 2.45) is 17.8 Å². The van der Waals surface area contributed by atoms with Gasteiger partial charge in [-0.25, -0.2) is 0 Å². The smallest absolute Gasteiger partial charge is 0.313 e. The molecule has 0 heterocycles. The number of rotatable bonds is 3. The Morgan fingerprint density at radius 2 is 1.67 bits per heavy atom. The normalized spacial score (nSPS) is 33.1. The molecule has 2 N–H and O–H groups in total. The Hall–Kier alpha value is -2.04. The first kappa shape index (κ1) is 15.5. The van der Waals surface area contributed by atoms with Crippen LogP contribution >= 0.6 is 0 Å². The van der Waals surface area contributed by atoms with Gasteiger partial charge in [-0.15, -0.1) is 0 Å². The zero-order chi connectivity index (χ0) is 16.7. The van der Waals surface area contributed by atoms with E-state index in [1.807, 2.05) is 0 Å². The minimum atomic E-state index is -0.598. The molecule has 0 aliphatic heterocycles. The van der Waals surface area contributed by atoms with Crippen LogP contribution in [-0.2, 0) is 9.59 Å². The van der Waals surface area contributed by atoms with E-state index in [1.165, 1.54) is 19.3 Å². The lowest BCUT2D eigenvalue weighted by Gasteiger charge is -2.56. The molecule has 0 atom stereocenters. The Kier molecular flexibility index (Phi) is 3.74. The summed E-state index contributed by atoms with van der Waals surface area (Å²) in [4.78, 5) is 24.7. The van der Waals surface area contributed by atoms with E-state index in [9.17, 15) is 9.59 Å². The number of hydrogen-bond donors (Lipinski definition) is 2. The number of carbonyl (C=O) groups excluding carboxylic acids is 2. The molecule has 2 amide bonds. The lowest BCUT2D eigenvalue weighted by atomic mass is 9.53. The molecule has 4 saturated carbocycles. The number of benzene rings is 1. The molecule has 4 aliphatic carbocycles. The standard InChI is InChI=1S/C19H24N2O3/c1-24-16-4-2-3-15(8-16)20-17(22)18(23)21-19-9-12-5-13(10-19)7-14(6-12)11-19/h2-4,8,12-14H,5-7,9-11H2,1H3,(H,20,22)(H,21,23). The molecular formula is C19H24N2O3. The molecule has 128 valence electrons. The number of anilines is 1. The van der Waals surface area contributed by atoms with Crippen molar-refractivity contribution >= 4 is 17.5 Å². The molecule has 0 radical (unpaired) electrons. The largest absolute Gasteiger partial charge is 0.497 e. The van der Waals surface area contributed by atoms with Gasteiger partial charge in [-0.1, -0.05) is 6.07 Å². The maximum absolute atomic E-state index is 12.4. The molecule has 0 aromatic heterocycles. The van der Waals surface area contributed by atoms with Gasteiger partial charge in [-0.3, -0.25) is 9.59 Å². The Morgan fingerprint density at radius 1 is 1.04 bits per heavy atom. The monoisotopic (exact) mass is 328 g/mol. The third-order valence-corrected chi connectivity index (χ3v) is 5.95. The van der Waals surface area contributed by atoms with Crippen LogP contribution < -0.4 is 15.4 Å². The lowest BCUT2D eigenvalue weighted by molar-refractivity contribution is -0.139. The Balaban J connectivity index is 1.41. The molecule has 0 spiro atoms. The van der Waals surface area contributed by atoms with Crippen LogP contribution in [0.15, 0.2) is 24.3 Å². The van der Waals surface area contributed by atoms with Crippen LogP contribution in [0.1, 0.15) is 38.5 Å². The summed E-state index contributed by atoms with van der Waals surface area (Å²) in [5, 5.41) is 5.76. The molecular weight excluding hydrogens is 304 g/mol. The Morgan fingerprint density at radius 3 is 2.25 bits per heavy atom. The van der Waals surface area contributed by atoms with Gasteiger partial charge in [0.05, 0.1) is 7.11 Å². The van der Waals surface area contributed by atoms with Crippen molar-refractivity contribution in [2.75, 3.05) is 12.4 Å². The molecule has 0 saturated heterocycles. The maximum Gasteiger partial charge on any atom is 0.313 e. The fourth-order valence-electron chi connectivity index (χ4n) is 5.45. The second kappa shape index (κ2) is 5.80. The zero-order valence-corrected chi connectivity index (χ0v) is 14.0. The summed E-state index contributed by atoms with van der Waals surface area (Å²) in [6.07, 6.45) is 7.05. The highest BCUT2D eigenvalue weighted by Gasteiger charge is 2.51. The Labute approximate surface area is 142 Å². The molecule has 4 bridgehead atoms. The predicted octanol–water partition coefficient (Wildman–Crippen LogP) is 2.72. The van der Waals surface area contributed by atoms with Gasteiger partial charge >= 0.3 is 11.8 Å². The number of nitrogens with one attached hydrogen (secondary N) is 2. The highest BCUT2D eigenvalue weighted by molar-refractivity contribution is 6.39. The summed E-state index contributed by atoms with van der Waals surface area (Å²) in [5.41, 5.74) is 0.428. The van der Waals surface area contributed by atoms with Crippen LogP contribution in [0.3, 0.4) is 0 Å². The van der Waals surface area contributed by atoms with Gasteiger partial charge in [0.25, 0.3) is 0 Å². The average molecular weight is 328 g/mol. The fraction of sp³-hybridized carbons (Fsp3) is 0.579. The predicted molar refractivity (Wildman–Crippen MR) is 90.7 cm³/mol. The summed E-state index contributed by atoms with van der Waals surface area (Å²) in [5.74, 6) is 1.74. The van der Waals surface area contributed by atoms with Crippen molar-refractivity contribution in [3.63, 3.8) is 0 Å². The van der Waals surface area contributed by atoms with E-state index in [1.54, 1.807) is 31.4 Å². The first-order valence-electron chi connectivity index (χ1n) is 8.83. The van der Waals surface area contributed by atoms with E-state index >= 15 is 0 Å². The van der Waals surface area contributed by atoms with E-state index < -0.39 is 11.8 Å². The fourth-order valence-corrected chi connectivity index (χ4v) is 5.45. The summed E-state index contributed by atoms with van der Waals surface area (Å²) < 4.78 is 5.14. The van der Waals surface area contributed by atoms with Crippen molar-refractivity contribution < 1.29 is 14.3 Å². The molecule has 4 fully saturated rings. The summed E-state index contributed by atoms with van der Waals surface area (Å²) >= 11 is 0. The van der Waals surface area contributed by atoms with Gasteiger partial charge in [0.2, 0.25) is 0 Å². The minimum absolute atomic E-state index is 0.141. The molecule has 1 aromatic rings. The van der Waals surface area contributed by atoms with Crippen LogP contribution in [0.4, 0.5) is 5.69 Å². The van der Waals surface area contributed by atoms with Crippen molar-refractivity contribution in [3.05, 3.63) is 24.3 Å². The average Bonchev–Trinajstić information content (AvgIpc) is 2.53. The van der Waals surface area contributed by atoms with E-state index in [0.29, 0.717) is 11.4 Å². The number of carbonyl (C=O) groups is 2. The van der Waals surface area contributed by atoms with Gasteiger partial charge in [0, 0.05) is 17.3 Å². The summed E-state index contributed by atoms with van der Waals surface area (Å²) in [7, 11) is 1.57. The summed E-state index contributed by atoms with van der Waals surface area (Å²) in [6.45, 7) is 0. The minimum Gasteiger partial charge on any atom is -0.497 e. The second-order valence-corrected chi connectivity index (χ2v) is 7.84. The molecule has 4 aliphatic rings. The van der Waals surface area contributed by atoms with E-state index in [0.717, 1.165) is 37.0 Å². The third kappa shape index (κ3) is 2.87. The maximum atomic E-state index is 12.4. The van der Waals surface area contributed by atoms with Gasteiger partial charge in [-0.2, -0.15) is 0 Å².